The lowest BCUT2D eigenvalue weighted by Crippen LogP contribution is -2.42. The van der Waals surface area contributed by atoms with Crippen LogP contribution in [0.2, 0.25) is 19.6 Å². The van der Waals surface area contributed by atoms with Gasteiger partial charge in [0.05, 0.1) is 0 Å². The van der Waals surface area contributed by atoms with Crippen LogP contribution in [0.3, 0.4) is 0 Å². The van der Waals surface area contributed by atoms with Crippen molar-refractivity contribution in [2.24, 2.45) is 0 Å². The van der Waals surface area contributed by atoms with Gasteiger partial charge in [0.15, 0.2) is 8.32 Å². The van der Waals surface area contributed by atoms with Gasteiger partial charge in [-0.2, -0.15) is 0 Å². The van der Waals surface area contributed by atoms with E-state index in [1.807, 2.05) is 19.6 Å². The number of carbonyl (C=O) groups excluding carboxylic acids is 2. The van der Waals surface area contributed by atoms with Crippen molar-refractivity contribution in [3.8, 4) is 0 Å². The van der Waals surface area contributed by atoms with Crippen LogP contribution >= 0.6 is 0 Å². The first-order valence-corrected chi connectivity index (χ1v) is 9.62. The number of hydrogen-bond acceptors (Lipinski definition) is 4. The summed E-state index contributed by atoms with van der Waals surface area (Å²) in [5.41, 5.74) is -0.588. The third kappa shape index (κ3) is 4.42. The minimum atomic E-state index is -1.77. The minimum absolute atomic E-state index is 0.272. The lowest BCUT2D eigenvalue weighted by atomic mass is 10.2. The van der Waals surface area contributed by atoms with Crippen molar-refractivity contribution in [3.05, 3.63) is 0 Å². The van der Waals surface area contributed by atoms with Crippen LogP contribution in [0, 0.1) is 0 Å². The predicted molar refractivity (Wildman–Crippen MR) is 70.8 cm³/mol. The SMILES string of the molecule is CC(C)(C)OC(=O)N1CC[C@H](O[Si](C)(C)C)C1=O. The van der Waals surface area contributed by atoms with Gasteiger partial charge in [-0.3, -0.25) is 4.79 Å². The second kappa shape index (κ2) is 5.01. The third-order valence-corrected chi connectivity index (χ3v) is 3.26. The summed E-state index contributed by atoms with van der Waals surface area (Å²) in [6.07, 6.45) is -0.499. The summed E-state index contributed by atoms with van der Waals surface area (Å²) in [4.78, 5) is 25.0. The van der Waals surface area contributed by atoms with Gasteiger partial charge in [0.25, 0.3) is 5.91 Å². The molecule has 2 amide bonds. The van der Waals surface area contributed by atoms with Crippen LogP contribution in [0.15, 0.2) is 0 Å². The number of hydrogen-bond donors (Lipinski definition) is 0. The van der Waals surface area contributed by atoms with E-state index < -0.39 is 26.1 Å². The molecule has 1 aliphatic heterocycles. The highest BCUT2D eigenvalue weighted by molar-refractivity contribution is 6.69. The molecule has 0 N–H and O–H groups in total. The Balaban J connectivity index is 2.62. The van der Waals surface area contributed by atoms with E-state index in [4.69, 9.17) is 9.16 Å². The molecule has 0 aromatic heterocycles. The first-order valence-electron chi connectivity index (χ1n) is 6.22. The van der Waals surface area contributed by atoms with Gasteiger partial charge in [-0.25, -0.2) is 9.69 Å². The van der Waals surface area contributed by atoms with E-state index in [9.17, 15) is 9.59 Å². The Hall–Kier alpha value is -0.883. The third-order valence-electron chi connectivity index (χ3n) is 2.27. The number of imide groups is 1. The molecule has 0 saturated carbocycles. The molecule has 0 bridgehead atoms. The first-order chi connectivity index (χ1) is 7.99. The fourth-order valence-electron chi connectivity index (χ4n) is 1.69. The number of ether oxygens (including phenoxy) is 1. The van der Waals surface area contributed by atoms with Gasteiger partial charge in [0.1, 0.15) is 11.7 Å². The van der Waals surface area contributed by atoms with Gasteiger partial charge in [-0.15, -0.1) is 0 Å². The molecule has 1 rings (SSSR count). The Morgan fingerprint density at radius 2 is 1.89 bits per heavy atom. The summed E-state index contributed by atoms with van der Waals surface area (Å²) in [6.45, 7) is 11.8. The van der Waals surface area contributed by atoms with Crippen molar-refractivity contribution in [1.82, 2.24) is 4.90 Å². The molecule has 1 aliphatic rings. The molecule has 0 aromatic rings. The first kappa shape index (κ1) is 15.2. The molecule has 1 atom stereocenters. The molecular weight excluding hydrogens is 250 g/mol. The minimum Gasteiger partial charge on any atom is -0.443 e. The molecule has 0 aliphatic carbocycles. The average molecular weight is 273 g/mol. The quantitative estimate of drug-likeness (QED) is 0.725. The molecule has 104 valence electrons. The summed E-state index contributed by atoms with van der Waals surface area (Å²) in [5, 5.41) is 0. The van der Waals surface area contributed by atoms with Crippen LogP contribution in [0.25, 0.3) is 0 Å². The normalized spacial score (nSPS) is 21.3. The Labute approximate surface area is 110 Å². The maximum atomic E-state index is 12.0. The highest BCUT2D eigenvalue weighted by atomic mass is 28.4. The Morgan fingerprint density at radius 3 is 2.33 bits per heavy atom. The predicted octanol–water partition coefficient (Wildman–Crippen LogP) is 2.37. The summed E-state index contributed by atoms with van der Waals surface area (Å²) in [7, 11) is -1.77. The van der Waals surface area contributed by atoms with E-state index in [1.165, 1.54) is 0 Å². The van der Waals surface area contributed by atoms with Crippen LogP contribution in [0.4, 0.5) is 4.79 Å². The summed E-state index contributed by atoms with van der Waals surface area (Å²) in [6, 6.07) is 0. The number of likely N-dealkylation sites (tertiary alicyclic amines) is 1. The lowest BCUT2D eigenvalue weighted by molar-refractivity contribution is -0.132. The maximum Gasteiger partial charge on any atom is 0.417 e. The largest absolute Gasteiger partial charge is 0.443 e. The van der Waals surface area contributed by atoms with Crippen molar-refractivity contribution >= 4 is 20.3 Å². The zero-order valence-corrected chi connectivity index (χ0v) is 13.1. The van der Waals surface area contributed by atoms with Gasteiger partial charge in [0.2, 0.25) is 0 Å². The van der Waals surface area contributed by atoms with Gasteiger partial charge in [0, 0.05) is 6.54 Å². The van der Waals surface area contributed by atoms with E-state index in [0.29, 0.717) is 13.0 Å². The van der Waals surface area contributed by atoms with E-state index >= 15 is 0 Å². The van der Waals surface area contributed by atoms with Crippen molar-refractivity contribution in [3.63, 3.8) is 0 Å². The van der Waals surface area contributed by atoms with Crippen LogP contribution in [0.5, 0.6) is 0 Å². The molecular formula is C12H23NO4Si. The van der Waals surface area contributed by atoms with Crippen LogP contribution < -0.4 is 0 Å². The maximum absolute atomic E-state index is 12.0. The molecule has 0 spiro atoms. The lowest BCUT2D eigenvalue weighted by Gasteiger charge is -2.24. The summed E-state index contributed by atoms with van der Waals surface area (Å²) >= 11 is 0. The number of amides is 2. The Bertz CT molecular complexity index is 343. The van der Waals surface area contributed by atoms with Gasteiger partial charge in [-0.05, 0) is 46.8 Å². The molecule has 6 heteroatoms. The Kier molecular flexibility index (Phi) is 4.22. The molecule has 0 radical (unpaired) electrons. The van der Waals surface area contributed by atoms with E-state index in [2.05, 4.69) is 0 Å². The molecule has 1 saturated heterocycles. The summed E-state index contributed by atoms with van der Waals surface area (Å²) < 4.78 is 11.0. The van der Waals surface area contributed by atoms with Crippen molar-refractivity contribution in [1.29, 1.82) is 0 Å². The Morgan fingerprint density at radius 1 is 1.33 bits per heavy atom. The smallest absolute Gasteiger partial charge is 0.417 e. The molecule has 0 aromatic carbocycles. The highest BCUT2D eigenvalue weighted by Crippen LogP contribution is 2.21. The van der Waals surface area contributed by atoms with Crippen LogP contribution in [-0.4, -0.2) is 43.5 Å². The van der Waals surface area contributed by atoms with Crippen LogP contribution in [-0.2, 0) is 14.0 Å². The van der Waals surface area contributed by atoms with Gasteiger partial charge in [-0.1, -0.05) is 0 Å². The second-order valence-electron chi connectivity index (χ2n) is 6.48. The highest BCUT2D eigenvalue weighted by Gasteiger charge is 2.40. The van der Waals surface area contributed by atoms with Crippen LogP contribution in [0.1, 0.15) is 27.2 Å². The number of nitrogens with zero attached hydrogens (tertiary/aromatic N) is 1. The van der Waals surface area contributed by atoms with Crippen molar-refractivity contribution < 1.29 is 18.8 Å². The number of rotatable bonds is 2. The molecule has 5 nitrogen and oxygen atoms in total. The summed E-state index contributed by atoms with van der Waals surface area (Å²) in [5.74, 6) is -0.272. The standard InChI is InChI=1S/C12H23NO4Si/c1-12(2,3)16-11(15)13-8-7-9(10(13)14)17-18(4,5)6/h9H,7-8H2,1-6H3/t9-/m0/s1. The zero-order valence-electron chi connectivity index (χ0n) is 12.1. The molecule has 0 unspecified atom stereocenters. The fourth-order valence-corrected chi connectivity index (χ4v) is 2.76. The number of carbonyl (C=O) groups is 2. The van der Waals surface area contributed by atoms with Gasteiger partial charge >= 0.3 is 6.09 Å². The van der Waals surface area contributed by atoms with E-state index in [0.717, 1.165) is 4.90 Å². The average Bonchev–Trinajstić information content (AvgIpc) is 2.42. The topological polar surface area (TPSA) is 55.8 Å². The molecule has 1 fully saturated rings. The van der Waals surface area contributed by atoms with E-state index in [-0.39, 0.29) is 5.91 Å². The van der Waals surface area contributed by atoms with Crippen molar-refractivity contribution in [2.75, 3.05) is 6.54 Å². The molecule has 18 heavy (non-hydrogen) atoms. The van der Waals surface area contributed by atoms with Gasteiger partial charge < -0.3 is 9.16 Å². The molecule has 1 heterocycles. The monoisotopic (exact) mass is 273 g/mol. The fraction of sp³-hybridized carbons (Fsp3) is 0.833. The zero-order chi connectivity index (χ0) is 14.1. The van der Waals surface area contributed by atoms with Crippen molar-refractivity contribution in [2.45, 2.75) is 58.5 Å². The second-order valence-corrected chi connectivity index (χ2v) is 10.9. The van der Waals surface area contributed by atoms with E-state index in [1.54, 1.807) is 20.8 Å².